The molecular formula is C16H20ClN3O4. The molecule has 1 aromatic rings. The molecule has 1 unspecified atom stereocenters. The molecule has 0 saturated carbocycles. The third kappa shape index (κ3) is 3.62. The van der Waals surface area contributed by atoms with Gasteiger partial charge in [0.15, 0.2) is 0 Å². The smallest absolute Gasteiger partial charge is 0.329 e. The van der Waals surface area contributed by atoms with E-state index in [0.717, 1.165) is 0 Å². The van der Waals surface area contributed by atoms with E-state index < -0.39 is 17.4 Å². The van der Waals surface area contributed by atoms with E-state index in [1.54, 1.807) is 6.07 Å². The van der Waals surface area contributed by atoms with Crippen LogP contribution >= 0.6 is 11.6 Å². The van der Waals surface area contributed by atoms with Gasteiger partial charge >= 0.3 is 12.0 Å². The molecule has 8 heteroatoms. The molecule has 1 aliphatic heterocycles. The Morgan fingerprint density at radius 1 is 1.46 bits per heavy atom. The first kappa shape index (κ1) is 18.1. The first-order valence-electron chi connectivity index (χ1n) is 7.69. The summed E-state index contributed by atoms with van der Waals surface area (Å²) in [7, 11) is 0. The van der Waals surface area contributed by atoms with E-state index in [0.29, 0.717) is 31.6 Å². The molecule has 0 aliphatic carbocycles. The number of rotatable bonds is 6. The second-order valence-electron chi connectivity index (χ2n) is 5.89. The van der Waals surface area contributed by atoms with Crippen molar-refractivity contribution in [1.29, 1.82) is 0 Å². The van der Waals surface area contributed by atoms with E-state index >= 15 is 0 Å². The zero-order valence-electron chi connectivity index (χ0n) is 13.6. The van der Waals surface area contributed by atoms with Crippen molar-refractivity contribution in [3.63, 3.8) is 0 Å². The number of amides is 3. The molecule has 1 fully saturated rings. The number of carboxylic acid groups (broad SMARTS) is 1. The van der Waals surface area contributed by atoms with Gasteiger partial charge in [-0.15, -0.1) is 0 Å². The van der Waals surface area contributed by atoms with Gasteiger partial charge in [0.25, 0.3) is 5.91 Å². The molecule has 24 heavy (non-hydrogen) atoms. The molecule has 3 amide bonds. The van der Waals surface area contributed by atoms with Crippen LogP contribution in [0.3, 0.4) is 0 Å². The Labute approximate surface area is 145 Å². The average Bonchev–Trinajstić information content (AvgIpc) is 2.94. The number of halogens is 1. The number of aliphatic carboxylic acids is 1. The van der Waals surface area contributed by atoms with Gasteiger partial charge in [-0.25, -0.2) is 9.59 Å². The Balaban J connectivity index is 2.28. The summed E-state index contributed by atoms with van der Waals surface area (Å²) in [6, 6.07) is 4.42. The van der Waals surface area contributed by atoms with Crippen LogP contribution in [-0.4, -0.2) is 41.6 Å². The van der Waals surface area contributed by atoms with Gasteiger partial charge < -0.3 is 15.7 Å². The molecule has 0 spiro atoms. The van der Waals surface area contributed by atoms with Crippen molar-refractivity contribution in [1.82, 2.24) is 10.6 Å². The molecule has 1 aromatic carbocycles. The number of hydrogen-bond acceptors (Lipinski definition) is 3. The minimum absolute atomic E-state index is 0.137. The SMILES string of the molecule is CCCC(C)(NC(=O)c1cc(N2CCNC2=O)ccc1Cl)C(=O)O. The number of carbonyl (C=O) groups excluding carboxylic acids is 2. The van der Waals surface area contributed by atoms with E-state index in [1.807, 2.05) is 6.92 Å². The predicted molar refractivity (Wildman–Crippen MR) is 90.6 cm³/mol. The number of urea groups is 1. The molecule has 0 bridgehead atoms. The maximum absolute atomic E-state index is 12.5. The van der Waals surface area contributed by atoms with Crippen LogP contribution in [0.2, 0.25) is 5.02 Å². The van der Waals surface area contributed by atoms with Crippen LogP contribution in [0.4, 0.5) is 10.5 Å². The Morgan fingerprint density at radius 2 is 2.17 bits per heavy atom. The summed E-state index contributed by atoms with van der Waals surface area (Å²) in [5.41, 5.74) is -0.708. The van der Waals surface area contributed by atoms with Gasteiger partial charge in [-0.05, 0) is 31.5 Å². The lowest BCUT2D eigenvalue weighted by atomic mass is 9.95. The van der Waals surface area contributed by atoms with E-state index in [2.05, 4.69) is 10.6 Å². The van der Waals surface area contributed by atoms with Gasteiger partial charge in [0.1, 0.15) is 5.54 Å². The van der Waals surface area contributed by atoms with Crippen LogP contribution in [0, 0.1) is 0 Å². The molecule has 130 valence electrons. The van der Waals surface area contributed by atoms with Crippen LogP contribution in [0.5, 0.6) is 0 Å². The first-order chi connectivity index (χ1) is 11.3. The number of benzene rings is 1. The number of nitrogens with zero attached hydrogens (tertiary/aromatic N) is 1. The van der Waals surface area contributed by atoms with Gasteiger partial charge in [0.05, 0.1) is 10.6 Å². The molecule has 0 radical (unpaired) electrons. The molecule has 1 aliphatic rings. The van der Waals surface area contributed by atoms with Crippen LogP contribution in [0.15, 0.2) is 18.2 Å². The lowest BCUT2D eigenvalue weighted by Gasteiger charge is -2.26. The summed E-state index contributed by atoms with van der Waals surface area (Å²) in [5, 5.41) is 14.8. The normalized spacial score (nSPS) is 16.5. The summed E-state index contributed by atoms with van der Waals surface area (Å²) >= 11 is 6.09. The van der Waals surface area contributed by atoms with Gasteiger partial charge in [0, 0.05) is 18.8 Å². The highest BCUT2D eigenvalue weighted by molar-refractivity contribution is 6.34. The van der Waals surface area contributed by atoms with Crippen molar-refractivity contribution in [2.24, 2.45) is 0 Å². The summed E-state index contributed by atoms with van der Waals surface area (Å²) in [5.74, 6) is -1.69. The lowest BCUT2D eigenvalue weighted by Crippen LogP contribution is -2.52. The minimum atomic E-state index is -1.38. The quantitative estimate of drug-likeness (QED) is 0.730. The Hall–Kier alpha value is -2.28. The van der Waals surface area contributed by atoms with E-state index in [9.17, 15) is 19.5 Å². The summed E-state index contributed by atoms with van der Waals surface area (Å²) in [6.07, 6.45) is 0.894. The maximum Gasteiger partial charge on any atom is 0.329 e. The molecular weight excluding hydrogens is 334 g/mol. The highest BCUT2D eigenvalue weighted by atomic mass is 35.5. The fourth-order valence-electron chi connectivity index (χ4n) is 2.61. The fraction of sp³-hybridized carbons (Fsp3) is 0.438. The van der Waals surface area contributed by atoms with Crippen LogP contribution in [0.25, 0.3) is 0 Å². The largest absolute Gasteiger partial charge is 0.480 e. The monoisotopic (exact) mass is 353 g/mol. The van der Waals surface area contributed by atoms with Crippen molar-refractivity contribution >= 4 is 35.2 Å². The van der Waals surface area contributed by atoms with Gasteiger partial charge in [-0.2, -0.15) is 0 Å². The van der Waals surface area contributed by atoms with E-state index in [1.165, 1.54) is 24.0 Å². The third-order valence-electron chi connectivity index (χ3n) is 3.97. The molecule has 2 rings (SSSR count). The Morgan fingerprint density at radius 3 is 2.71 bits per heavy atom. The molecule has 7 nitrogen and oxygen atoms in total. The Kier molecular flexibility index (Phi) is 5.33. The zero-order valence-corrected chi connectivity index (χ0v) is 14.3. The minimum Gasteiger partial charge on any atom is -0.480 e. The van der Waals surface area contributed by atoms with Gasteiger partial charge in [-0.1, -0.05) is 24.9 Å². The van der Waals surface area contributed by atoms with Crippen LogP contribution < -0.4 is 15.5 Å². The van der Waals surface area contributed by atoms with Crippen molar-refractivity contribution in [3.8, 4) is 0 Å². The molecule has 1 heterocycles. The summed E-state index contributed by atoms with van der Waals surface area (Å²) in [6.45, 7) is 4.32. The molecule has 3 N–H and O–H groups in total. The lowest BCUT2D eigenvalue weighted by molar-refractivity contribution is -0.144. The molecule has 1 atom stereocenters. The van der Waals surface area contributed by atoms with Crippen LogP contribution in [0.1, 0.15) is 37.0 Å². The average molecular weight is 354 g/mol. The van der Waals surface area contributed by atoms with E-state index in [4.69, 9.17) is 11.6 Å². The number of hydrogen-bond donors (Lipinski definition) is 3. The summed E-state index contributed by atoms with van der Waals surface area (Å²) < 4.78 is 0. The van der Waals surface area contributed by atoms with E-state index in [-0.39, 0.29) is 16.6 Å². The second kappa shape index (κ2) is 7.09. The third-order valence-corrected chi connectivity index (χ3v) is 4.30. The predicted octanol–water partition coefficient (Wildman–Crippen LogP) is 2.24. The first-order valence-corrected chi connectivity index (χ1v) is 8.07. The van der Waals surface area contributed by atoms with Gasteiger partial charge in [0.2, 0.25) is 0 Å². The number of nitrogens with one attached hydrogen (secondary N) is 2. The van der Waals surface area contributed by atoms with Gasteiger partial charge in [-0.3, -0.25) is 9.69 Å². The standard InChI is InChI=1S/C16H20ClN3O4/c1-3-6-16(2,14(22)23)19-13(21)11-9-10(4-5-12(11)17)20-8-7-18-15(20)24/h4-5,9H,3,6-8H2,1-2H3,(H,18,24)(H,19,21)(H,22,23). The van der Waals surface area contributed by atoms with Crippen molar-refractivity contribution in [2.75, 3.05) is 18.0 Å². The number of anilines is 1. The Bertz CT molecular complexity index is 679. The van der Waals surface area contributed by atoms with Crippen molar-refractivity contribution in [2.45, 2.75) is 32.2 Å². The number of carbonyl (C=O) groups is 3. The second-order valence-corrected chi connectivity index (χ2v) is 6.30. The topological polar surface area (TPSA) is 98.7 Å². The highest BCUT2D eigenvalue weighted by Crippen LogP contribution is 2.25. The van der Waals surface area contributed by atoms with Crippen LogP contribution in [-0.2, 0) is 4.79 Å². The van der Waals surface area contributed by atoms with Crippen molar-refractivity contribution in [3.05, 3.63) is 28.8 Å². The fourth-order valence-corrected chi connectivity index (χ4v) is 2.82. The number of carboxylic acids is 1. The maximum atomic E-state index is 12.5. The summed E-state index contributed by atoms with van der Waals surface area (Å²) in [4.78, 5) is 37.2. The molecule has 0 aromatic heterocycles. The zero-order chi connectivity index (χ0) is 17.9. The van der Waals surface area contributed by atoms with Crippen molar-refractivity contribution < 1.29 is 19.5 Å². The highest BCUT2D eigenvalue weighted by Gasteiger charge is 2.34. The molecule has 1 saturated heterocycles.